The first-order chi connectivity index (χ1) is 14.0. The maximum atomic E-state index is 13.4. The number of pyridine rings is 1. The minimum Gasteiger partial charge on any atom is -0.350 e. The molecule has 7 heteroatoms. The molecule has 0 fully saturated rings. The van der Waals surface area contributed by atoms with Gasteiger partial charge < -0.3 is 10.2 Å². The molecule has 146 valence electrons. The quantitative estimate of drug-likeness (QED) is 0.695. The van der Waals surface area contributed by atoms with Crippen LogP contribution < -0.4 is 5.32 Å². The van der Waals surface area contributed by atoms with Crippen molar-refractivity contribution in [2.24, 2.45) is 0 Å². The molecule has 29 heavy (non-hydrogen) atoms. The van der Waals surface area contributed by atoms with Crippen molar-refractivity contribution in [3.8, 4) is 0 Å². The van der Waals surface area contributed by atoms with Gasteiger partial charge in [-0.1, -0.05) is 35.9 Å². The van der Waals surface area contributed by atoms with Crippen molar-refractivity contribution in [1.29, 1.82) is 0 Å². The van der Waals surface area contributed by atoms with E-state index >= 15 is 0 Å². The third kappa shape index (κ3) is 3.84. The van der Waals surface area contributed by atoms with Crippen LogP contribution in [0.1, 0.15) is 33.1 Å². The number of rotatable bonds is 5. The van der Waals surface area contributed by atoms with Gasteiger partial charge in [-0.3, -0.25) is 14.6 Å². The zero-order valence-electron chi connectivity index (χ0n) is 15.3. The number of carbonyl (C=O) groups is 2. The number of nitrogens with zero attached hydrogens (tertiary/aromatic N) is 2. The number of amides is 2. The van der Waals surface area contributed by atoms with E-state index < -0.39 is 11.9 Å². The van der Waals surface area contributed by atoms with Crippen molar-refractivity contribution >= 4 is 23.4 Å². The van der Waals surface area contributed by atoms with Crippen LogP contribution in [-0.4, -0.2) is 21.7 Å². The summed E-state index contributed by atoms with van der Waals surface area (Å²) in [6, 6.07) is 13.9. The zero-order chi connectivity index (χ0) is 20.4. The molecule has 0 saturated carbocycles. The molecular weight excluding hydrogens is 393 g/mol. The van der Waals surface area contributed by atoms with Crippen molar-refractivity contribution in [3.63, 3.8) is 0 Å². The Morgan fingerprint density at radius 2 is 1.90 bits per heavy atom. The van der Waals surface area contributed by atoms with Gasteiger partial charge in [0.2, 0.25) is 5.91 Å². The van der Waals surface area contributed by atoms with Gasteiger partial charge in [0.25, 0.3) is 5.91 Å². The van der Waals surface area contributed by atoms with Gasteiger partial charge >= 0.3 is 0 Å². The lowest BCUT2D eigenvalue weighted by Crippen LogP contribution is -2.38. The zero-order valence-corrected chi connectivity index (χ0v) is 16.1. The van der Waals surface area contributed by atoms with Crippen LogP contribution in [-0.2, 0) is 17.9 Å². The van der Waals surface area contributed by atoms with E-state index in [1.165, 1.54) is 23.1 Å². The molecule has 0 radical (unpaired) electrons. The first-order valence-corrected chi connectivity index (χ1v) is 9.43. The van der Waals surface area contributed by atoms with Crippen LogP contribution in [0, 0.1) is 5.82 Å². The van der Waals surface area contributed by atoms with Crippen LogP contribution in [0.3, 0.4) is 0 Å². The molecule has 1 aliphatic heterocycles. The highest BCUT2D eigenvalue weighted by atomic mass is 35.5. The van der Waals surface area contributed by atoms with Crippen LogP contribution in [0.5, 0.6) is 0 Å². The topological polar surface area (TPSA) is 62.3 Å². The molecule has 4 rings (SSSR count). The summed E-state index contributed by atoms with van der Waals surface area (Å²) in [5, 5.41) is 3.10. The maximum Gasteiger partial charge on any atom is 0.255 e. The Kier molecular flexibility index (Phi) is 5.27. The monoisotopic (exact) mass is 409 g/mol. The third-order valence-corrected chi connectivity index (χ3v) is 5.23. The minimum atomic E-state index is -0.790. The number of carbonyl (C=O) groups excluding carboxylic acids is 2. The van der Waals surface area contributed by atoms with Gasteiger partial charge in [-0.15, -0.1) is 0 Å². The van der Waals surface area contributed by atoms with Crippen LogP contribution in [0.25, 0.3) is 0 Å². The molecule has 3 aromatic rings. The van der Waals surface area contributed by atoms with Gasteiger partial charge in [0.15, 0.2) is 0 Å². The Bertz CT molecular complexity index is 1070. The number of halogens is 2. The van der Waals surface area contributed by atoms with Crippen molar-refractivity contribution in [2.75, 3.05) is 0 Å². The lowest BCUT2D eigenvalue weighted by molar-refractivity contribution is -0.125. The van der Waals surface area contributed by atoms with Crippen LogP contribution in [0.4, 0.5) is 4.39 Å². The fourth-order valence-electron chi connectivity index (χ4n) is 3.44. The van der Waals surface area contributed by atoms with E-state index in [2.05, 4.69) is 10.3 Å². The molecule has 0 saturated heterocycles. The average Bonchev–Trinajstić information content (AvgIpc) is 3.01. The first-order valence-electron chi connectivity index (χ1n) is 9.05. The molecular formula is C22H17ClFN3O2. The van der Waals surface area contributed by atoms with E-state index in [9.17, 15) is 14.0 Å². The minimum absolute atomic E-state index is 0.0972. The fraction of sp³-hybridized carbons (Fsp3) is 0.136. The molecule has 0 spiro atoms. The van der Waals surface area contributed by atoms with E-state index in [4.69, 9.17) is 11.6 Å². The summed E-state index contributed by atoms with van der Waals surface area (Å²) in [5.41, 5.74) is 2.60. The summed E-state index contributed by atoms with van der Waals surface area (Å²) in [6.45, 7) is 0.416. The molecule has 0 aliphatic carbocycles. The summed E-state index contributed by atoms with van der Waals surface area (Å²) in [5.74, 6) is -1.01. The smallest absolute Gasteiger partial charge is 0.255 e. The molecule has 2 heterocycles. The lowest BCUT2D eigenvalue weighted by atomic mass is 10.0. The molecule has 1 aromatic heterocycles. The summed E-state index contributed by atoms with van der Waals surface area (Å²) in [4.78, 5) is 31.5. The van der Waals surface area contributed by atoms with Gasteiger partial charge in [0.05, 0.1) is 0 Å². The number of benzene rings is 2. The fourth-order valence-corrected chi connectivity index (χ4v) is 3.66. The largest absolute Gasteiger partial charge is 0.350 e. The van der Waals surface area contributed by atoms with Crippen molar-refractivity contribution in [3.05, 3.63) is 100 Å². The van der Waals surface area contributed by atoms with E-state index in [0.717, 1.165) is 5.56 Å². The Morgan fingerprint density at radius 3 is 2.66 bits per heavy atom. The lowest BCUT2D eigenvalue weighted by Gasteiger charge is -2.25. The molecule has 1 unspecified atom stereocenters. The predicted octanol–water partition coefficient (Wildman–Crippen LogP) is 3.89. The Balaban J connectivity index is 1.62. The number of hydrogen-bond acceptors (Lipinski definition) is 3. The van der Waals surface area contributed by atoms with Crippen molar-refractivity contribution in [2.45, 2.75) is 19.1 Å². The van der Waals surface area contributed by atoms with Gasteiger partial charge in [0, 0.05) is 36.1 Å². The van der Waals surface area contributed by atoms with Gasteiger partial charge in [0.1, 0.15) is 11.9 Å². The van der Waals surface area contributed by atoms with E-state index in [1.54, 1.807) is 36.7 Å². The van der Waals surface area contributed by atoms with Crippen LogP contribution in [0.2, 0.25) is 5.02 Å². The van der Waals surface area contributed by atoms with Crippen molar-refractivity contribution in [1.82, 2.24) is 15.2 Å². The second-order valence-electron chi connectivity index (χ2n) is 6.73. The molecule has 0 bridgehead atoms. The molecule has 1 aliphatic rings. The second-order valence-corrected chi connectivity index (χ2v) is 7.14. The van der Waals surface area contributed by atoms with Crippen LogP contribution in [0.15, 0.2) is 67.0 Å². The highest BCUT2D eigenvalue weighted by Crippen LogP contribution is 2.36. The maximum absolute atomic E-state index is 13.4. The van der Waals surface area contributed by atoms with Crippen molar-refractivity contribution < 1.29 is 14.0 Å². The van der Waals surface area contributed by atoms with Gasteiger partial charge in [-0.05, 0) is 47.0 Å². The Hall–Kier alpha value is -3.25. The Labute approximate surface area is 172 Å². The van der Waals surface area contributed by atoms with Gasteiger partial charge in [-0.2, -0.15) is 0 Å². The normalized spacial score (nSPS) is 15.3. The number of aromatic nitrogens is 1. The Morgan fingerprint density at radius 1 is 1.14 bits per heavy atom. The number of hydrogen-bond donors (Lipinski definition) is 1. The van der Waals surface area contributed by atoms with E-state index in [-0.39, 0.29) is 23.4 Å². The van der Waals surface area contributed by atoms with Gasteiger partial charge in [-0.25, -0.2) is 4.39 Å². The SMILES string of the molecule is O=C(NCc1ccncc1)C1c2ccccc2C(=O)N1Cc1ccc(F)cc1Cl. The average molecular weight is 410 g/mol. The number of nitrogens with one attached hydrogen (secondary N) is 1. The summed E-state index contributed by atoms with van der Waals surface area (Å²) >= 11 is 6.15. The van der Waals surface area contributed by atoms with E-state index in [1.807, 2.05) is 12.1 Å². The molecule has 1 atom stereocenters. The molecule has 1 N–H and O–H groups in total. The first kappa shape index (κ1) is 19.1. The highest BCUT2D eigenvalue weighted by molar-refractivity contribution is 6.31. The summed E-state index contributed by atoms with van der Waals surface area (Å²) in [7, 11) is 0. The van der Waals surface area contributed by atoms with Crippen LogP contribution >= 0.6 is 11.6 Å². The predicted molar refractivity (Wildman–Crippen MR) is 107 cm³/mol. The highest BCUT2D eigenvalue weighted by Gasteiger charge is 2.40. The van der Waals surface area contributed by atoms with E-state index in [0.29, 0.717) is 23.2 Å². The second kappa shape index (κ2) is 8.01. The number of fused-ring (bicyclic) bond motifs is 1. The summed E-state index contributed by atoms with van der Waals surface area (Å²) in [6.07, 6.45) is 3.30. The molecule has 2 amide bonds. The summed E-state index contributed by atoms with van der Waals surface area (Å²) < 4.78 is 13.4. The molecule has 2 aromatic carbocycles. The molecule has 5 nitrogen and oxygen atoms in total. The standard InChI is InChI=1S/C22H17ClFN3O2/c23-19-11-16(24)6-5-15(19)13-27-20(17-3-1-2-4-18(17)22(27)29)21(28)26-12-14-7-9-25-10-8-14/h1-11,20H,12-13H2,(H,26,28). The third-order valence-electron chi connectivity index (χ3n) is 4.88.